The van der Waals surface area contributed by atoms with E-state index < -0.39 is 0 Å². The number of likely N-dealkylation sites (tertiary alicyclic amines) is 2. The highest BCUT2D eigenvalue weighted by molar-refractivity contribution is 6.00. The molecule has 3 aliphatic rings. The monoisotopic (exact) mass is 568 g/mol. The van der Waals surface area contributed by atoms with E-state index in [0.29, 0.717) is 47.3 Å². The van der Waals surface area contributed by atoms with Gasteiger partial charge in [0, 0.05) is 62.6 Å². The van der Waals surface area contributed by atoms with Crippen LogP contribution in [0, 0.1) is 11.2 Å². The molecule has 3 aliphatic heterocycles. The number of fused-ring (bicyclic) bond motifs is 1. The second kappa shape index (κ2) is 9.32. The standard InChI is InChI=1S/C31H33FN8O2/c1-36-9-5-31(19-36)6-10-37(11-7-31)30(42)39-13-12-38-18-23(22-15-21(32)14-20(17-39)28(22)38)26-27(34-35-29(26)41)24-16-33-25-4-2-3-8-40(24)25/h2-4,8,14-16,18H,5-7,9-13,17,19H2,1H3,(H2,34,35,41). The van der Waals surface area contributed by atoms with Gasteiger partial charge in [-0.1, -0.05) is 6.07 Å². The third-order valence-corrected chi connectivity index (χ3v) is 9.70. The average Bonchev–Trinajstić information content (AvgIpc) is 3.73. The summed E-state index contributed by atoms with van der Waals surface area (Å²) < 4.78 is 19.2. The summed E-state index contributed by atoms with van der Waals surface area (Å²) in [7, 11) is 2.18. The largest absolute Gasteiger partial charge is 0.345 e. The van der Waals surface area contributed by atoms with Gasteiger partial charge in [-0.2, -0.15) is 0 Å². The number of hydrogen-bond donors (Lipinski definition) is 2. The van der Waals surface area contributed by atoms with Gasteiger partial charge in [0.2, 0.25) is 0 Å². The summed E-state index contributed by atoms with van der Waals surface area (Å²) in [4.78, 5) is 37.6. The first kappa shape index (κ1) is 25.3. The maximum atomic E-state index is 15.2. The van der Waals surface area contributed by atoms with Gasteiger partial charge >= 0.3 is 6.03 Å². The molecule has 1 aromatic carbocycles. The molecular formula is C31H33FN8O2. The number of nitrogens with zero attached hydrogens (tertiary/aromatic N) is 6. The molecule has 4 aromatic heterocycles. The highest BCUT2D eigenvalue weighted by Crippen LogP contribution is 2.41. The van der Waals surface area contributed by atoms with Gasteiger partial charge in [0.25, 0.3) is 5.56 Å². The summed E-state index contributed by atoms with van der Waals surface area (Å²) >= 11 is 0. The van der Waals surface area contributed by atoms with Crippen LogP contribution in [0.15, 0.2) is 53.7 Å². The van der Waals surface area contributed by atoms with Gasteiger partial charge in [0.05, 0.1) is 28.7 Å². The van der Waals surface area contributed by atoms with Crippen molar-refractivity contribution in [1.82, 2.24) is 38.8 Å². The number of aromatic amines is 2. The second-order valence-electron chi connectivity index (χ2n) is 12.3. The number of aromatic nitrogens is 5. The van der Waals surface area contributed by atoms with Crippen LogP contribution in [0.1, 0.15) is 24.8 Å². The summed E-state index contributed by atoms with van der Waals surface area (Å²) in [5, 5.41) is 6.42. The van der Waals surface area contributed by atoms with Gasteiger partial charge < -0.3 is 19.3 Å². The molecule has 2 N–H and O–H groups in total. The van der Waals surface area contributed by atoms with Gasteiger partial charge in [-0.25, -0.2) is 14.2 Å². The van der Waals surface area contributed by atoms with Crippen molar-refractivity contribution >= 4 is 22.6 Å². The molecule has 0 unspecified atom stereocenters. The van der Waals surface area contributed by atoms with Gasteiger partial charge in [-0.05, 0) is 68.1 Å². The average molecular weight is 569 g/mol. The smallest absolute Gasteiger partial charge is 0.320 e. The number of piperidine rings is 1. The highest BCUT2D eigenvalue weighted by Gasteiger charge is 2.41. The molecule has 0 atom stereocenters. The maximum absolute atomic E-state index is 15.2. The number of rotatable bonds is 2. The Hall–Kier alpha value is -4.38. The van der Waals surface area contributed by atoms with E-state index >= 15 is 4.39 Å². The molecule has 0 saturated carbocycles. The first-order chi connectivity index (χ1) is 20.4. The molecule has 0 bridgehead atoms. The van der Waals surface area contributed by atoms with E-state index in [2.05, 4.69) is 31.7 Å². The summed E-state index contributed by atoms with van der Waals surface area (Å²) in [5.74, 6) is -0.389. The molecule has 2 saturated heterocycles. The van der Waals surface area contributed by atoms with E-state index in [1.165, 1.54) is 18.6 Å². The van der Waals surface area contributed by atoms with E-state index in [9.17, 15) is 9.59 Å². The Bertz CT molecular complexity index is 1910. The second-order valence-corrected chi connectivity index (χ2v) is 12.3. The van der Waals surface area contributed by atoms with E-state index in [4.69, 9.17) is 0 Å². The molecule has 42 heavy (non-hydrogen) atoms. The fourth-order valence-corrected chi connectivity index (χ4v) is 7.53. The molecule has 1 spiro atoms. The summed E-state index contributed by atoms with van der Waals surface area (Å²) in [6, 6.07) is 8.76. The van der Waals surface area contributed by atoms with Crippen LogP contribution in [-0.4, -0.2) is 84.7 Å². The molecular weight excluding hydrogens is 535 g/mol. The third kappa shape index (κ3) is 3.90. The number of H-pyrrole nitrogens is 2. The lowest BCUT2D eigenvalue weighted by Crippen LogP contribution is -2.49. The zero-order valence-corrected chi connectivity index (χ0v) is 23.6. The van der Waals surface area contributed by atoms with Crippen molar-refractivity contribution in [3.63, 3.8) is 0 Å². The first-order valence-corrected chi connectivity index (χ1v) is 14.7. The van der Waals surface area contributed by atoms with Crippen LogP contribution in [0.25, 0.3) is 39.1 Å². The van der Waals surface area contributed by atoms with Crippen molar-refractivity contribution in [1.29, 1.82) is 0 Å². The van der Waals surface area contributed by atoms with Crippen molar-refractivity contribution in [2.75, 3.05) is 39.8 Å². The number of urea groups is 1. The number of hydrogen-bond acceptors (Lipinski definition) is 4. The fourth-order valence-electron chi connectivity index (χ4n) is 7.53. The van der Waals surface area contributed by atoms with Crippen LogP contribution in [0.5, 0.6) is 0 Å². The Morgan fingerprint density at radius 3 is 2.67 bits per heavy atom. The Morgan fingerprint density at radius 1 is 1.02 bits per heavy atom. The number of halogens is 1. The predicted octanol–water partition coefficient (Wildman–Crippen LogP) is 4.13. The quantitative estimate of drug-likeness (QED) is 0.335. The van der Waals surface area contributed by atoms with Crippen LogP contribution >= 0.6 is 0 Å². The molecule has 7 heterocycles. The van der Waals surface area contributed by atoms with E-state index in [1.807, 2.05) is 44.8 Å². The van der Waals surface area contributed by atoms with Gasteiger partial charge in [-0.3, -0.25) is 19.4 Å². The Balaban J connectivity index is 1.13. The molecule has 8 rings (SSSR count). The minimum Gasteiger partial charge on any atom is -0.345 e. The first-order valence-electron chi connectivity index (χ1n) is 14.7. The number of nitrogens with one attached hydrogen (secondary N) is 2. The molecule has 0 aliphatic carbocycles. The third-order valence-electron chi connectivity index (χ3n) is 9.70. The lowest BCUT2D eigenvalue weighted by atomic mass is 9.78. The van der Waals surface area contributed by atoms with Crippen molar-refractivity contribution in [3.05, 3.63) is 70.7 Å². The number of carbonyl (C=O) groups is 1. The molecule has 10 nitrogen and oxygen atoms in total. The maximum Gasteiger partial charge on any atom is 0.320 e. The van der Waals surface area contributed by atoms with Gasteiger partial charge in [0.1, 0.15) is 11.5 Å². The Kier molecular flexibility index (Phi) is 5.62. The minimum atomic E-state index is -0.389. The Labute approximate surface area is 241 Å². The normalized spacial score (nSPS) is 18.9. The predicted molar refractivity (Wildman–Crippen MR) is 158 cm³/mol. The molecule has 0 radical (unpaired) electrons. The number of carbonyl (C=O) groups excluding carboxylic acids is 1. The molecule has 216 valence electrons. The van der Waals surface area contributed by atoms with Crippen LogP contribution < -0.4 is 5.56 Å². The lowest BCUT2D eigenvalue weighted by Gasteiger charge is -2.41. The van der Waals surface area contributed by atoms with Crippen molar-refractivity contribution in [2.45, 2.75) is 32.4 Å². The van der Waals surface area contributed by atoms with Crippen molar-refractivity contribution < 1.29 is 9.18 Å². The van der Waals surface area contributed by atoms with Crippen LogP contribution in [0.2, 0.25) is 0 Å². The zero-order chi connectivity index (χ0) is 28.6. The van der Waals surface area contributed by atoms with Crippen LogP contribution in [-0.2, 0) is 13.1 Å². The molecule has 5 aromatic rings. The SMILES string of the molecule is CN1CCC2(CCN(C(=O)N3CCn4cc(-c5c(-c6cnc7ccccn67)[nH][nH]c5=O)c5cc(F)cc(c54)C3)CC2)C1. The zero-order valence-electron chi connectivity index (χ0n) is 23.6. The Morgan fingerprint density at radius 2 is 1.86 bits per heavy atom. The summed E-state index contributed by atoms with van der Waals surface area (Å²) in [5.41, 5.74) is 4.83. The van der Waals surface area contributed by atoms with Gasteiger partial charge in [0.15, 0.2) is 0 Å². The highest BCUT2D eigenvalue weighted by atomic mass is 19.1. The summed E-state index contributed by atoms with van der Waals surface area (Å²) in [6.07, 6.45) is 8.82. The molecule has 2 fully saturated rings. The van der Waals surface area contributed by atoms with Crippen molar-refractivity contribution in [3.8, 4) is 22.5 Å². The fraction of sp³-hybridized carbons (Fsp3) is 0.387. The van der Waals surface area contributed by atoms with E-state index in [-0.39, 0.29) is 17.4 Å². The van der Waals surface area contributed by atoms with Crippen LogP contribution in [0.3, 0.4) is 0 Å². The lowest BCUT2D eigenvalue weighted by molar-refractivity contribution is 0.0981. The summed E-state index contributed by atoms with van der Waals surface area (Å²) in [6.45, 7) is 5.15. The number of imidazole rings is 1. The topological polar surface area (TPSA) is 97.7 Å². The number of amides is 2. The van der Waals surface area contributed by atoms with Gasteiger partial charge in [-0.15, -0.1) is 0 Å². The van der Waals surface area contributed by atoms with Crippen molar-refractivity contribution in [2.24, 2.45) is 5.41 Å². The van der Waals surface area contributed by atoms with E-state index in [0.717, 1.165) is 61.4 Å². The number of pyridine rings is 1. The molecule has 2 amide bonds. The van der Waals surface area contributed by atoms with Crippen LogP contribution in [0.4, 0.5) is 9.18 Å². The van der Waals surface area contributed by atoms with E-state index in [1.54, 1.807) is 6.20 Å². The molecule has 11 heteroatoms. The number of benzene rings is 1. The minimum absolute atomic E-state index is 0.0246.